The number of amides is 1. The summed E-state index contributed by atoms with van der Waals surface area (Å²) in [4.78, 5) is 19.6. The number of nitrogens with one attached hydrogen (secondary N) is 1. The van der Waals surface area contributed by atoms with Gasteiger partial charge in [0.1, 0.15) is 17.2 Å². The summed E-state index contributed by atoms with van der Waals surface area (Å²) in [6.45, 7) is 5.27. The van der Waals surface area contributed by atoms with Crippen LogP contribution in [0.4, 0.5) is 42.6 Å². The lowest BCUT2D eigenvalue weighted by Gasteiger charge is -2.29. The molecule has 11 nitrogen and oxygen atoms in total. The fourth-order valence-corrected chi connectivity index (χ4v) is 6.79. The van der Waals surface area contributed by atoms with Crippen LogP contribution < -0.4 is 15.0 Å². The maximum atomic E-state index is 14.2. The monoisotopic (exact) mass is 705 g/mol. The number of hydrogen-bond donors (Lipinski definition) is 2. The normalized spacial score (nSPS) is 21.2. The quantitative estimate of drug-likeness (QED) is 0.267. The summed E-state index contributed by atoms with van der Waals surface area (Å²) in [5.74, 6) is -2.07. The Labute approximate surface area is 273 Å². The molecule has 0 spiro atoms. The molecule has 2 N–H and O–H groups in total. The van der Waals surface area contributed by atoms with Gasteiger partial charge >= 0.3 is 18.6 Å². The molecule has 0 saturated carbocycles. The largest absolute Gasteiger partial charge is 0.573 e. The molecule has 1 saturated heterocycles. The number of benzene rings is 1. The Balaban J connectivity index is 1.69. The molecule has 4 bridgehead atoms. The van der Waals surface area contributed by atoms with E-state index in [2.05, 4.69) is 25.2 Å². The van der Waals surface area contributed by atoms with Crippen molar-refractivity contribution in [1.82, 2.24) is 15.2 Å². The highest BCUT2D eigenvalue weighted by Crippen LogP contribution is 2.45. The summed E-state index contributed by atoms with van der Waals surface area (Å²) in [6, 6.07) is 5.49. The van der Waals surface area contributed by atoms with Crippen molar-refractivity contribution in [1.29, 1.82) is 0 Å². The number of pyridine rings is 1. The number of aromatic nitrogens is 3. The van der Waals surface area contributed by atoms with Crippen molar-refractivity contribution < 1.29 is 54.3 Å². The number of rotatable bonds is 4. The summed E-state index contributed by atoms with van der Waals surface area (Å²) in [5.41, 5.74) is -4.92. The summed E-state index contributed by atoms with van der Waals surface area (Å²) < 4.78 is 110. The van der Waals surface area contributed by atoms with E-state index in [1.54, 1.807) is 20.8 Å². The molecule has 262 valence electrons. The lowest BCUT2D eigenvalue weighted by Crippen LogP contribution is -2.42. The number of ether oxygens (including phenoxy) is 2. The van der Waals surface area contributed by atoms with Crippen LogP contribution in [0.25, 0.3) is 11.6 Å². The zero-order chi connectivity index (χ0) is 35.1. The van der Waals surface area contributed by atoms with Crippen molar-refractivity contribution in [3.63, 3.8) is 0 Å². The van der Waals surface area contributed by atoms with Crippen LogP contribution in [0.2, 0.25) is 0 Å². The lowest BCUT2D eigenvalue weighted by atomic mass is 9.94. The zero-order valence-electron chi connectivity index (χ0n) is 26.1. The van der Waals surface area contributed by atoms with Crippen LogP contribution in [-0.2, 0) is 21.1 Å². The van der Waals surface area contributed by atoms with E-state index in [-0.39, 0.29) is 39.5 Å². The molecule has 2 aromatic heterocycles. The summed E-state index contributed by atoms with van der Waals surface area (Å²) in [7, 11) is -2.11. The Morgan fingerprint density at radius 1 is 1.04 bits per heavy atom. The Hall–Kier alpha value is -3.93. The highest BCUT2D eigenvalue weighted by atomic mass is 32.2. The zero-order valence-corrected chi connectivity index (χ0v) is 26.9. The van der Waals surface area contributed by atoms with E-state index in [1.807, 2.05) is 4.90 Å². The first kappa shape index (κ1) is 35.4. The average molecular weight is 706 g/mol. The first-order chi connectivity index (χ1) is 22.3. The number of carbonyl (C=O) groups is 1. The van der Waals surface area contributed by atoms with Crippen LogP contribution >= 0.6 is 0 Å². The minimum Gasteiger partial charge on any atom is -0.444 e. The maximum Gasteiger partial charge on any atom is 0.573 e. The third-order valence-electron chi connectivity index (χ3n) is 7.75. The molecule has 3 atom stereocenters. The second kappa shape index (κ2) is 13.2. The predicted molar refractivity (Wildman–Crippen MR) is 159 cm³/mol. The van der Waals surface area contributed by atoms with Crippen molar-refractivity contribution in [3.05, 3.63) is 36.2 Å². The van der Waals surface area contributed by atoms with E-state index < -0.39 is 64.6 Å². The number of hydrogen-bond acceptors (Lipinski definition) is 10. The van der Waals surface area contributed by atoms with Crippen LogP contribution in [0.15, 0.2) is 44.5 Å². The van der Waals surface area contributed by atoms with Gasteiger partial charge in [0.2, 0.25) is 5.60 Å². The number of halogens is 6. The minimum atomic E-state index is -5.16. The van der Waals surface area contributed by atoms with Gasteiger partial charge in [-0.25, -0.2) is 14.0 Å². The van der Waals surface area contributed by atoms with Gasteiger partial charge in [-0.1, -0.05) is 12.8 Å². The topological polar surface area (TPSA) is 140 Å². The Morgan fingerprint density at radius 2 is 1.73 bits per heavy atom. The van der Waals surface area contributed by atoms with Gasteiger partial charge < -0.3 is 23.9 Å². The second-order valence-corrected chi connectivity index (χ2v) is 13.9. The van der Waals surface area contributed by atoms with E-state index in [0.29, 0.717) is 38.6 Å². The summed E-state index contributed by atoms with van der Waals surface area (Å²) >= 11 is 0. The number of aliphatic hydroxyl groups is 1. The maximum absolute atomic E-state index is 14.2. The van der Waals surface area contributed by atoms with Crippen LogP contribution in [0, 0.1) is 0 Å². The molecule has 48 heavy (non-hydrogen) atoms. The molecule has 1 fully saturated rings. The van der Waals surface area contributed by atoms with Gasteiger partial charge in [0.15, 0.2) is 5.69 Å². The third-order valence-corrected chi connectivity index (χ3v) is 9.15. The van der Waals surface area contributed by atoms with Gasteiger partial charge in [0, 0.05) is 17.5 Å². The first-order valence-electron chi connectivity index (χ1n) is 15.1. The smallest absolute Gasteiger partial charge is 0.444 e. The molecule has 1 amide bonds. The number of alkyl halides is 6. The molecular formula is C30H33F6N5O6S. The average Bonchev–Trinajstić information content (AvgIpc) is 3.64. The van der Waals surface area contributed by atoms with E-state index in [0.717, 1.165) is 12.1 Å². The lowest BCUT2D eigenvalue weighted by molar-refractivity contribution is -0.277. The van der Waals surface area contributed by atoms with E-state index in [9.17, 15) is 40.5 Å². The number of fused-ring (bicyclic) bond motifs is 7. The molecule has 2 aliphatic heterocycles. The summed E-state index contributed by atoms with van der Waals surface area (Å²) in [6.07, 6.45) is -9.00. The van der Waals surface area contributed by atoms with Crippen LogP contribution in [0.3, 0.4) is 0 Å². The number of nitrogens with zero attached hydrogens (tertiary/aromatic N) is 4. The fraction of sp³-hybridized carbons (Fsp3) is 0.533. The highest BCUT2D eigenvalue weighted by Gasteiger charge is 2.58. The summed E-state index contributed by atoms with van der Waals surface area (Å²) in [5, 5.41) is 20.6. The van der Waals surface area contributed by atoms with Crippen LogP contribution in [0.5, 0.6) is 5.75 Å². The van der Waals surface area contributed by atoms with Gasteiger partial charge in [-0.05, 0) is 83.2 Å². The Morgan fingerprint density at radius 3 is 2.38 bits per heavy atom. The molecule has 2 unspecified atom stereocenters. The molecule has 0 radical (unpaired) electrons. The van der Waals surface area contributed by atoms with Crippen molar-refractivity contribution in [3.8, 4) is 17.3 Å². The predicted octanol–water partition coefficient (Wildman–Crippen LogP) is 7.23. The van der Waals surface area contributed by atoms with Gasteiger partial charge in [-0.15, -0.1) is 23.4 Å². The minimum absolute atomic E-state index is 0.00124. The van der Waals surface area contributed by atoms with Crippen molar-refractivity contribution >= 4 is 28.4 Å². The van der Waals surface area contributed by atoms with E-state index >= 15 is 0 Å². The molecule has 2 aliphatic rings. The SMILES string of the molecule is CC(C)(C)OC(=O)Nc1cc(S(=O)c2ccc(OC(F)(F)F)cc2)c2nc1-c1nnc(o1)C(O)(C(F)(F)F)CCCCC[C@@H]1CCCN21. The molecule has 18 heteroatoms. The van der Waals surface area contributed by atoms with Crippen molar-refractivity contribution in [2.24, 2.45) is 0 Å². The molecular weight excluding hydrogens is 672 g/mol. The molecule has 0 aliphatic carbocycles. The Kier molecular flexibility index (Phi) is 9.71. The van der Waals surface area contributed by atoms with Crippen molar-refractivity contribution in [2.45, 2.75) is 105 Å². The number of carbonyl (C=O) groups excluding carboxylic acids is 1. The Bertz CT molecular complexity index is 1660. The van der Waals surface area contributed by atoms with Crippen LogP contribution in [-0.4, -0.2) is 61.3 Å². The van der Waals surface area contributed by atoms with Gasteiger partial charge in [-0.3, -0.25) is 5.32 Å². The number of anilines is 2. The first-order valence-corrected chi connectivity index (χ1v) is 16.2. The molecule has 4 heterocycles. The van der Waals surface area contributed by atoms with Gasteiger partial charge in [0.05, 0.1) is 21.4 Å². The van der Waals surface area contributed by atoms with E-state index in [4.69, 9.17) is 9.15 Å². The standard InChI is InChI=1S/C30H33F6N5O6S/c1-27(2,3)47-26(42)37-20-16-21(48(44)19-12-10-18(11-13-19)46-30(34,35)36)23-38-22(20)24-39-40-25(45-24)28(43,29(31,32)33)14-6-4-5-8-17-9-7-15-41(17)23/h10-13,16-17,43H,4-9,14-15H2,1-3H3,(H,37,42)/t17-,28?,48?/m1/s1. The van der Waals surface area contributed by atoms with Crippen molar-refractivity contribution in [2.75, 3.05) is 16.8 Å². The molecule has 3 aromatic rings. The van der Waals surface area contributed by atoms with Crippen LogP contribution in [0.1, 0.15) is 71.6 Å². The highest BCUT2D eigenvalue weighted by molar-refractivity contribution is 7.85. The van der Waals surface area contributed by atoms with Gasteiger partial charge in [-0.2, -0.15) is 13.2 Å². The van der Waals surface area contributed by atoms with E-state index in [1.165, 1.54) is 18.2 Å². The van der Waals surface area contributed by atoms with Gasteiger partial charge in [0.25, 0.3) is 11.8 Å². The fourth-order valence-electron chi connectivity index (χ4n) is 5.60. The molecule has 1 aromatic carbocycles. The second-order valence-electron chi connectivity index (χ2n) is 12.5. The molecule has 5 rings (SSSR count). The third kappa shape index (κ3) is 7.85.